The van der Waals surface area contributed by atoms with E-state index in [0.29, 0.717) is 35.0 Å². The SMILES string of the molecule is COc1ccc(-c2ccnc3cc(C(=O)Nc4ccc(C(=O)OCCN5CCCC5)cc4)nn23)cc1OC. The van der Waals surface area contributed by atoms with E-state index in [-0.39, 0.29) is 11.7 Å². The number of hydrogen-bond donors (Lipinski definition) is 1. The fourth-order valence-corrected chi connectivity index (χ4v) is 4.46. The van der Waals surface area contributed by atoms with Crippen molar-refractivity contribution < 1.29 is 23.8 Å². The van der Waals surface area contributed by atoms with E-state index in [4.69, 9.17) is 14.2 Å². The van der Waals surface area contributed by atoms with E-state index in [1.54, 1.807) is 55.3 Å². The molecule has 196 valence electrons. The van der Waals surface area contributed by atoms with Gasteiger partial charge in [0.05, 0.1) is 25.5 Å². The summed E-state index contributed by atoms with van der Waals surface area (Å²) in [5.41, 5.74) is 3.26. The van der Waals surface area contributed by atoms with Gasteiger partial charge in [-0.2, -0.15) is 5.10 Å². The highest BCUT2D eigenvalue weighted by molar-refractivity contribution is 6.03. The molecule has 3 heterocycles. The number of nitrogens with zero attached hydrogens (tertiary/aromatic N) is 4. The largest absolute Gasteiger partial charge is 0.493 e. The van der Waals surface area contributed by atoms with Gasteiger partial charge in [-0.3, -0.25) is 9.69 Å². The molecule has 0 radical (unpaired) electrons. The van der Waals surface area contributed by atoms with E-state index in [1.165, 1.54) is 12.8 Å². The minimum Gasteiger partial charge on any atom is -0.493 e. The highest BCUT2D eigenvalue weighted by Gasteiger charge is 2.17. The normalized spacial score (nSPS) is 13.4. The number of nitrogens with one attached hydrogen (secondary N) is 1. The summed E-state index contributed by atoms with van der Waals surface area (Å²) in [6, 6.07) is 15.6. The average Bonchev–Trinajstić information content (AvgIpc) is 3.63. The number of esters is 1. The zero-order valence-electron chi connectivity index (χ0n) is 21.3. The quantitative estimate of drug-likeness (QED) is 0.334. The van der Waals surface area contributed by atoms with Crippen LogP contribution in [0.5, 0.6) is 11.5 Å². The minimum absolute atomic E-state index is 0.204. The van der Waals surface area contributed by atoms with E-state index in [2.05, 4.69) is 20.3 Å². The van der Waals surface area contributed by atoms with E-state index in [9.17, 15) is 9.59 Å². The van der Waals surface area contributed by atoms with Crippen molar-refractivity contribution in [3.8, 4) is 22.8 Å². The van der Waals surface area contributed by atoms with E-state index in [1.807, 2.05) is 24.3 Å². The predicted molar refractivity (Wildman–Crippen MR) is 142 cm³/mol. The fraction of sp³-hybridized carbons (Fsp3) is 0.286. The Labute approximate surface area is 220 Å². The topological polar surface area (TPSA) is 107 Å². The fourth-order valence-electron chi connectivity index (χ4n) is 4.46. The van der Waals surface area contributed by atoms with Crippen LogP contribution < -0.4 is 14.8 Å². The molecule has 0 unspecified atom stereocenters. The van der Waals surface area contributed by atoms with Crippen LogP contribution in [0.3, 0.4) is 0 Å². The number of likely N-dealkylation sites (tertiary alicyclic amines) is 1. The van der Waals surface area contributed by atoms with E-state index < -0.39 is 5.91 Å². The van der Waals surface area contributed by atoms with Crippen molar-refractivity contribution in [3.05, 3.63) is 72.1 Å². The predicted octanol–water partition coefficient (Wildman–Crippen LogP) is 3.92. The monoisotopic (exact) mass is 515 g/mol. The van der Waals surface area contributed by atoms with Gasteiger partial charge in [0.15, 0.2) is 22.8 Å². The highest BCUT2D eigenvalue weighted by Crippen LogP contribution is 2.32. The van der Waals surface area contributed by atoms with Gasteiger partial charge in [0.2, 0.25) is 0 Å². The van der Waals surface area contributed by atoms with Crippen LogP contribution >= 0.6 is 0 Å². The van der Waals surface area contributed by atoms with Crippen LogP contribution in [0.15, 0.2) is 60.8 Å². The molecule has 4 aromatic rings. The summed E-state index contributed by atoms with van der Waals surface area (Å²) in [5, 5.41) is 7.31. The zero-order valence-corrected chi connectivity index (χ0v) is 21.3. The summed E-state index contributed by atoms with van der Waals surface area (Å²) in [7, 11) is 3.15. The first-order chi connectivity index (χ1) is 18.6. The van der Waals surface area contributed by atoms with Gasteiger partial charge in [-0.15, -0.1) is 0 Å². The van der Waals surface area contributed by atoms with Crippen LogP contribution in [-0.2, 0) is 4.74 Å². The second-order valence-corrected chi connectivity index (χ2v) is 8.92. The smallest absolute Gasteiger partial charge is 0.338 e. The van der Waals surface area contributed by atoms with Crippen LogP contribution in [0.25, 0.3) is 16.9 Å². The summed E-state index contributed by atoms with van der Waals surface area (Å²) in [6.07, 6.45) is 4.06. The minimum atomic E-state index is -0.394. The molecule has 10 heteroatoms. The summed E-state index contributed by atoms with van der Waals surface area (Å²) in [4.78, 5) is 31.9. The lowest BCUT2D eigenvalue weighted by atomic mass is 10.1. The molecule has 2 aromatic carbocycles. The molecule has 5 rings (SSSR count). The molecule has 2 aromatic heterocycles. The first kappa shape index (κ1) is 25.2. The van der Waals surface area contributed by atoms with Gasteiger partial charge in [0.1, 0.15) is 6.61 Å². The van der Waals surface area contributed by atoms with Crippen molar-refractivity contribution in [2.24, 2.45) is 0 Å². The number of amides is 1. The second-order valence-electron chi connectivity index (χ2n) is 8.92. The van der Waals surface area contributed by atoms with Crippen molar-refractivity contribution in [2.75, 3.05) is 45.8 Å². The lowest BCUT2D eigenvalue weighted by Crippen LogP contribution is -2.25. The summed E-state index contributed by atoms with van der Waals surface area (Å²) < 4.78 is 17.7. The molecular formula is C28H29N5O5. The standard InChI is InChI=1S/C28H29N5O5/c1-36-24-10-7-20(17-25(24)37-2)23-11-12-29-26-18-22(31-33(23)26)27(34)30-21-8-5-19(6-9-21)28(35)38-16-15-32-13-3-4-14-32/h5-12,17-18H,3-4,13-16H2,1-2H3,(H,30,34). The molecule has 0 saturated carbocycles. The maximum absolute atomic E-state index is 13.0. The molecule has 1 amide bonds. The molecule has 1 saturated heterocycles. The Kier molecular flexibility index (Phi) is 7.50. The summed E-state index contributed by atoms with van der Waals surface area (Å²) in [5.74, 6) is 0.424. The lowest BCUT2D eigenvalue weighted by Gasteiger charge is -2.14. The molecule has 1 N–H and O–H groups in total. The molecule has 0 spiro atoms. The van der Waals surface area contributed by atoms with Gasteiger partial charge in [-0.25, -0.2) is 14.3 Å². The number of anilines is 1. The molecule has 1 aliphatic rings. The number of carbonyl (C=O) groups excluding carboxylic acids is 2. The van der Waals surface area contributed by atoms with Crippen LogP contribution in [0, 0.1) is 0 Å². The first-order valence-corrected chi connectivity index (χ1v) is 12.4. The van der Waals surface area contributed by atoms with E-state index in [0.717, 1.165) is 30.9 Å². The molecule has 38 heavy (non-hydrogen) atoms. The van der Waals surface area contributed by atoms with Crippen molar-refractivity contribution in [2.45, 2.75) is 12.8 Å². The van der Waals surface area contributed by atoms with Gasteiger partial charge in [0, 0.05) is 30.1 Å². The summed E-state index contributed by atoms with van der Waals surface area (Å²) in [6.45, 7) is 3.24. The third-order valence-electron chi connectivity index (χ3n) is 6.49. The van der Waals surface area contributed by atoms with Gasteiger partial charge in [-0.1, -0.05) is 0 Å². The number of rotatable bonds is 9. The van der Waals surface area contributed by atoms with Crippen molar-refractivity contribution >= 4 is 23.2 Å². The Morgan fingerprint density at radius 3 is 2.45 bits per heavy atom. The Morgan fingerprint density at radius 1 is 0.947 bits per heavy atom. The van der Waals surface area contributed by atoms with Crippen LogP contribution in [0.4, 0.5) is 5.69 Å². The van der Waals surface area contributed by atoms with Crippen LogP contribution in [0.2, 0.25) is 0 Å². The third kappa shape index (κ3) is 5.45. The van der Waals surface area contributed by atoms with Gasteiger partial charge in [0.25, 0.3) is 5.91 Å². The highest BCUT2D eigenvalue weighted by atomic mass is 16.5. The van der Waals surface area contributed by atoms with Crippen molar-refractivity contribution in [1.82, 2.24) is 19.5 Å². The second kappa shape index (κ2) is 11.3. The average molecular weight is 516 g/mol. The number of aromatic nitrogens is 3. The maximum Gasteiger partial charge on any atom is 0.338 e. The Morgan fingerprint density at radius 2 is 1.71 bits per heavy atom. The molecule has 0 bridgehead atoms. The number of benzene rings is 2. The van der Waals surface area contributed by atoms with Gasteiger partial charge >= 0.3 is 5.97 Å². The maximum atomic E-state index is 13.0. The molecule has 0 atom stereocenters. The Balaban J connectivity index is 1.26. The Hall–Kier alpha value is -4.44. The number of ether oxygens (including phenoxy) is 3. The van der Waals surface area contributed by atoms with E-state index >= 15 is 0 Å². The van der Waals surface area contributed by atoms with Gasteiger partial charge in [-0.05, 0) is 74.5 Å². The lowest BCUT2D eigenvalue weighted by molar-refractivity contribution is 0.0472. The van der Waals surface area contributed by atoms with Crippen molar-refractivity contribution in [3.63, 3.8) is 0 Å². The number of carbonyl (C=O) groups is 2. The number of hydrogen-bond acceptors (Lipinski definition) is 8. The van der Waals surface area contributed by atoms with Crippen LogP contribution in [0.1, 0.15) is 33.7 Å². The Bertz CT molecular complexity index is 1440. The summed E-state index contributed by atoms with van der Waals surface area (Å²) >= 11 is 0. The number of methoxy groups -OCH3 is 2. The van der Waals surface area contributed by atoms with Gasteiger partial charge < -0.3 is 19.5 Å². The van der Waals surface area contributed by atoms with Crippen molar-refractivity contribution in [1.29, 1.82) is 0 Å². The first-order valence-electron chi connectivity index (χ1n) is 12.4. The molecule has 1 fully saturated rings. The number of fused-ring (bicyclic) bond motifs is 1. The third-order valence-corrected chi connectivity index (χ3v) is 6.49. The molecular weight excluding hydrogens is 486 g/mol. The zero-order chi connectivity index (χ0) is 26.5. The van der Waals surface area contributed by atoms with Crippen LogP contribution in [-0.4, -0.2) is 71.8 Å². The molecule has 0 aliphatic carbocycles. The molecule has 10 nitrogen and oxygen atoms in total. The molecule has 1 aliphatic heterocycles.